The third-order valence-electron chi connectivity index (χ3n) is 3.36. The van der Waals surface area contributed by atoms with Crippen LogP contribution in [0.3, 0.4) is 0 Å². The number of benzene rings is 1. The van der Waals surface area contributed by atoms with E-state index in [1.807, 2.05) is 0 Å². The first-order chi connectivity index (χ1) is 11.7. The average molecular weight is 354 g/mol. The van der Waals surface area contributed by atoms with Gasteiger partial charge in [0.1, 0.15) is 0 Å². The second kappa shape index (κ2) is 7.20. The van der Waals surface area contributed by atoms with Gasteiger partial charge in [-0.05, 0) is 23.8 Å². The van der Waals surface area contributed by atoms with Gasteiger partial charge in [0.2, 0.25) is 0 Å². The first-order valence-corrected chi connectivity index (χ1v) is 6.91. The fourth-order valence-corrected chi connectivity index (χ4v) is 2.08. The summed E-state index contributed by atoms with van der Waals surface area (Å²) >= 11 is 0. The van der Waals surface area contributed by atoms with Crippen LogP contribution in [-0.4, -0.2) is 67.9 Å². The van der Waals surface area contributed by atoms with Gasteiger partial charge < -0.3 is 35.0 Å². The summed E-state index contributed by atoms with van der Waals surface area (Å²) < 4.78 is 9.32. The second-order valence-electron chi connectivity index (χ2n) is 5.11. The molecule has 4 atom stereocenters. The molecule has 1 aliphatic heterocycles. The van der Waals surface area contributed by atoms with Crippen molar-refractivity contribution in [1.29, 1.82) is 0 Å². The van der Waals surface area contributed by atoms with Crippen LogP contribution in [0.25, 0.3) is 6.08 Å². The van der Waals surface area contributed by atoms with Crippen molar-refractivity contribution in [2.75, 3.05) is 0 Å². The number of carboxylic acids is 1. The maximum Gasteiger partial charge on any atom is 0.339 e. The minimum absolute atomic E-state index is 0.327. The Morgan fingerprint density at radius 3 is 2.52 bits per heavy atom. The molecule has 0 amide bonds. The second-order valence-corrected chi connectivity index (χ2v) is 5.11. The monoisotopic (exact) mass is 354 g/mol. The van der Waals surface area contributed by atoms with Crippen LogP contribution in [0.2, 0.25) is 0 Å². The molecule has 0 aliphatic carbocycles. The number of carbonyl (C=O) groups excluding carboxylic acids is 2. The number of aliphatic hydroxyl groups is 2. The molecule has 1 heterocycles. The summed E-state index contributed by atoms with van der Waals surface area (Å²) in [6.45, 7) is 0. The lowest BCUT2D eigenvalue weighted by molar-refractivity contribution is -0.167. The van der Waals surface area contributed by atoms with Crippen LogP contribution in [0.1, 0.15) is 5.56 Å². The SMILES string of the molecule is O=C(C=Cc1ccc(O)c(O)c1)OC1C(O)C(=O)OC1C(O)C(=O)O. The summed E-state index contributed by atoms with van der Waals surface area (Å²) in [6.07, 6.45) is -5.50. The van der Waals surface area contributed by atoms with E-state index in [-0.39, 0.29) is 5.75 Å². The van der Waals surface area contributed by atoms with Crippen LogP contribution in [-0.2, 0) is 23.9 Å². The molecule has 0 spiro atoms. The minimum atomic E-state index is -2.18. The molecule has 10 heteroatoms. The van der Waals surface area contributed by atoms with Gasteiger partial charge >= 0.3 is 17.9 Å². The zero-order valence-electron chi connectivity index (χ0n) is 12.5. The van der Waals surface area contributed by atoms with E-state index in [2.05, 4.69) is 4.74 Å². The van der Waals surface area contributed by atoms with E-state index >= 15 is 0 Å². The highest BCUT2D eigenvalue weighted by molar-refractivity contribution is 5.88. The molecule has 1 aromatic rings. The number of esters is 2. The fraction of sp³-hybridized carbons (Fsp3) is 0.267. The maximum absolute atomic E-state index is 11.8. The molecule has 2 rings (SSSR count). The van der Waals surface area contributed by atoms with Crippen molar-refractivity contribution in [2.24, 2.45) is 0 Å². The lowest BCUT2D eigenvalue weighted by atomic mass is 10.1. The summed E-state index contributed by atoms with van der Waals surface area (Å²) in [5, 5.41) is 46.3. The zero-order chi connectivity index (χ0) is 18.7. The van der Waals surface area contributed by atoms with Crippen molar-refractivity contribution < 1.29 is 49.4 Å². The van der Waals surface area contributed by atoms with Crippen molar-refractivity contribution in [3.8, 4) is 11.5 Å². The van der Waals surface area contributed by atoms with E-state index in [1.165, 1.54) is 18.2 Å². The van der Waals surface area contributed by atoms with Gasteiger partial charge in [0.25, 0.3) is 0 Å². The number of rotatable bonds is 5. The van der Waals surface area contributed by atoms with Crippen LogP contribution in [0.4, 0.5) is 0 Å². The Bertz CT molecular complexity index is 725. The number of aliphatic hydroxyl groups excluding tert-OH is 2. The summed E-state index contributed by atoms with van der Waals surface area (Å²) in [6, 6.07) is 3.73. The van der Waals surface area contributed by atoms with E-state index in [0.717, 1.165) is 12.1 Å². The average Bonchev–Trinajstić information content (AvgIpc) is 2.83. The number of hydrogen-bond acceptors (Lipinski definition) is 9. The summed E-state index contributed by atoms with van der Waals surface area (Å²) in [4.78, 5) is 33.9. The first-order valence-electron chi connectivity index (χ1n) is 6.91. The third-order valence-corrected chi connectivity index (χ3v) is 3.36. The van der Waals surface area contributed by atoms with Gasteiger partial charge in [0, 0.05) is 6.08 Å². The Balaban J connectivity index is 2.09. The third kappa shape index (κ3) is 4.05. The summed E-state index contributed by atoms with van der Waals surface area (Å²) in [7, 11) is 0. The lowest BCUT2D eigenvalue weighted by Gasteiger charge is -2.20. The lowest BCUT2D eigenvalue weighted by Crippen LogP contribution is -2.45. The van der Waals surface area contributed by atoms with Gasteiger partial charge in [-0.15, -0.1) is 0 Å². The molecular formula is C15H14O10. The number of carbonyl (C=O) groups is 3. The predicted molar refractivity (Wildman–Crippen MR) is 78.2 cm³/mol. The number of ether oxygens (including phenoxy) is 2. The van der Waals surface area contributed by atoms with Crippen LogP contribution < -0.4 is 0 Å². The van der Waals surface area contributed by atoms with Crippen LogP contribution >= 0.6 is 0 Å². The molecule has 0 aromatic heterocycles. The Morgan fingerprint density at radius 2 is 1.92 bits per heavy atom. The molecule has 10 nitrogen and oxygen atoms in total. The zero-order valence-corrected chi connectivity index (χ0v) is 12.5. The van der Waals surface area contributed by atoms with Crippen LogP contribution in [0.15, 0.2) is 24.3 Å². The largest absolute Gasteiger partial charge is 0.504 e. The van der Waals surface area contributed by atoms with E-state index in [9.17, 15) is 34.8 Å². The van der Waals surface area contributed by atoms with Gasteiger partial charge in [-0.25, -0.2) is 14.4 Å². The van der Waals surface area contributed by atoms with E-state index < -0.39 is 48.1 Å². The van der Waals surface area contributed by atoms with Gasteiger partial charge in [-0.1, -0.05) is 6.07 Å². The highest BCUT2D eigenvalue weighted by Crippen LogP contribution is 2.26. The van der Waals surface area contributed by atoms with Crippen molar-refractivity contribution in [1.82, 2.24) is 0 Å². The van der Waals surface area contributed by atoms with Gasteiger partial charge in [-0.3, -0.25) is 0 Å². The first kappa shape index (κ1) is 18.2. The molecule has 4 unspecified atom stereocenters. The van der Waals surface area contributed by atoms with Crippen LogP contribution in [0, 0.1) is 0 Å². The molecule has 0 radical (unpaired) electrons. The highest BCUT2D eigenvalue weighted by atomic mass is 16.6. The molecule has 1 aliphatic rings. The smallest absolute Gasteiger partial charge is 0.339 e. The molecule has 134 valence electrons. The molecule has 25 heavy (non-hydrogen) atoms. The molecular weight excluding hydrogens is 340 g/mol. The number of aliphatic carboxylic acids is 1. The summed E-state index contributed by atoms with van der Waals surface area (Å²) in [5.74, 6) is -4.77. The molecule has 0 saturated carbocycles. The molecule has 1 saturated heterocycles. The topological polar surface area (TPSA) is 171 Å². The van der Waals surface area contributed by atoms with Crippen molar-refractivity contribution in [3.05, 3.63) is 29.8 Å². The fourth-order valence-electron chi connectivity index (χ4n) is 2.08. The van der Waals surface area contributed by atoms with Crippen molar-refractivity contribution >= 4 is 24.0 Å². The number of aromatic hydroxyl groups is 2. The molecule has 5 N–H and O–H groups in total. The Labute approximate surface area is 140 Å². The Kier molecular flexibility index (Phi) is 5.25. The number of cyclic esters (lactones) is 1. The quantitative estimate of drug-likeness (QED) is 0.244. The number of hydrogen-bond donors (Lipinski definition) is 5. The van der Waals surface area contributed by atoms with Gasteiger partial charge in [0.05, 0.1) is 0 Å². The highest BCUT2D eigenvalue weighted by Gasteiger charge is 2.51. The van der Waals surface area contributed by atoms with E-state index in [4.69, 9.17) is 9.84 Å². The number of phenols is 2. The van der Waals surface area contributed by atoms with E-state index in [0.29, 0.717) is 5.56 Å². The van der Waals surface area contributed by atoms with Gasteiger partial charge in [-0.2, -0.15) is 0 Å². The summed E-state index contributed by atoms with van der Waals surface area (Å²) in [5.41, 5.74) is 0.327. The maximum atomic E-state index is 11.8. The van der Waals surface area contributed by atoms with Crippen LogP contribution in [0.5, 0.6) is 11.5 Å². The van der Waals surface area contributed by atoms with Crippen molar-refractivity contribution in [3.63, 3.8) is 0 Å². The minimum Gasteiger partial charge on any atom is -0.504 e. The molecule has 1 aromatic carbocycles. The van der Waals surface area contributed by atoms with Gasteiger partial charge in [0.15, 0.2) is 35.9 Å². The van der Waals surface area contributed by atoms with E-state index in [1.54, 1.807) is 0 Å². The predicted octanol–water partition coefficient (Wildman–Crippen LogP) is -1.25. The number of phenolic OH excluding ortho intramolecular Hbond substituents is 2. The number of carboxylic acid groups (broad SMARTS) is 1. The standard InChI is InChI=1S/C15H14O10/c16-7-3-1-6(5-8(7)17)2-4-9(18)24-13-11(20)15(23)25-12(13)10(19)14(21)22/h1-5,10-13,16-17,19-20H,(H,21,22). The molecule has 0 bridgehead atoms. The molecule has 1 fully saturated rings. The van der Waals surface area contributed by atoms with Crippen molar-refractivity contribution in [2.45, 2.75) is 24.4 Å². The Hall–Kier alpha value is -3.11. The Morgan fingerprint density at radius 1 is 1.24 bits per heavy atom. The normalized spacial score (nSPS) is 24.1.